The minimum absolute atomic E-state index is 0.434. The van der Waals surface area contributed by atoms with E-state index in [4.69, 9.17) is 0 Å². The first kappa shape index (κ1) is 13.6. The largest absolute Gasteiger partial charge is 0.309 e. The van der Waals surface area contributed by atoms with E-state index in [1.54, 1.807) is 0 Å². The lowest BCUT2D eigenvalue weighted by Crippen LogP contribution is -2.33. The van der Waals surface area contributed by atoms with E-state index < -0.39 is 0 Å². The number of hydrogen-bond donors (Lipinski definition) is 1. The van der Waals surface area contributed by atoms with Crippen molar-refractivity contribution in [2.75, 3.05) is 26.2 Å². The zero-order chi connectivity index (χ0) is 13.8. The Morgan fingerprint density at radius 1 is 1.05 bits per heavy atom. The Kier molecular flexibility index (Phi) is 4.34. The molecule has 1 atom stereocenters. The van der Waals surface area contributed by atoms with Crippen molar-refractivity contribution in [2.45, 2.75) is 25.8 Å². The third-order valence-corrected chi connectivity index (χ3v) is 4.29. The Balaban J connectivity index is 1.91. The van der Waals surface area contributed by atoms with Gasteiger partial charge in [-0.1, -0.05) is 49.4 Å². The summed E-state index contributed by atoms with van der Waals surface area (Å²) in [6.45, 7) is 6.85. The normalized spacial score (nSPS) is 17.6. The number of benzene rings is 2. The number of fused-ring (bicyclic) bond motifs is 1. The van der Waals surface area contributed by atoms with Gasteiger partial charge in [0.15, 0.2) is 0 Å². The van der Waals surface area contributed by atoms with Gasteiger partial charge in [0.2, 0.25) is 0 Å². The van der Waals surface area contributed by atoms with Crippen LogP contribution in [0, 0.1) is 0 Å². The van der Waals surface area contributed by atoms with E-state index in [0.717, 1.165) is 13.1 Å². The van der Waals surface area contributed by atoms with Gasteiger partial charge in [0, 0.05) is 12.6 Å². The average Bonchev–Trinajstić information content (AvgIpc) is 2.99. The number of likely N-dealkylation sites (tertiary alicyclic amines) is 1. The first-order chi connectivity index (χ1) is 9.88. The monoisotopic (exact) mass is 268 g/mol. The first-order valence-electron chi connectivity index (χ1n) is 7.82. The molecule has 1 saturated heterocycles. The third kappa shape index (κ3) is 2.87. The molecule has 20 heavy (non-hydrogen) atoms. The average molecular weight is 268 g/mol. The highest BCUT2D eigenvalue weighted by Gasteiger charge is 2.19. The summed E-state index contributed by atoms with van der Waals surface area (Å²) in [7, 11) is 0. The summed E-state index contributed by atoms with van der Waals surface area (Å²) < 4.78 is 0. The Bertz CT molecular complexity index is 553. The molecule has 1 aliphatic rings. The second kappa shape index (κ2) is 6.38. The fraction of sp³-hybridized carbons (Fsp3) is 0.444. The molecule has 1 unspecified atom stereocenters. The molecule has 1 fully saturated rings. The van der Waals surface area contributed by atoms with E-state index in [-0.39, 0.29) is 0 Å². The van der Waals surface area contributed by atoms with E-state index in [1.807, 2.05) is 0 Å². The minimum atomic E-state index is 0.434. The Morgan fingerprint density at radius 2 is 1.80 bits per heavy atom. The van der Waals surface area contributed by atoms with Gasteiger partial charge >= 0.3 is 0 Å². The fourth-order valence-electron chi connectivity index (χ4n) is 3.30. The number of nitrogens with zero attached hydrogens (tertiary/aromatic N) is 1. The molecule has 0 aromatic heterocycles. The maximum Gasteiger partial charge on any atom is 0.0455 e. The van der Waals surface area contributed by atoms with Crippen LogP contribution in [-0.4, -0.2) is 31.1 Å². The minimum Gasteiger partial charge on any atom is -0.309 e. The van der Waals surface area contributed by atoms with Gasteiger partial charge in [0.1, 0.15) is 0 Å². The Morgan fingerprint density at radius 3 is 2.60 bits per heavy atom. The van der Waals surface area contributed by atoms with Gasteiger partial charge in [0.25, 0.3) is 0 Å². The molecule has 2 aromatic carbocycles. The molecule has 0 radical (unpaired) electrons. The van der Waals surface area contributed by atoms with Crippen LogP contribution in [0.15, 0.2) is 42.5 Å². The molecule has 1 heterocycles. The molecule has 2 nitrogen and oxygen atoms in total. The summed E-state index contributed by atoms with van der Waals surface area (Å²) in [6, 6.07) is 15.8. The molecule has 0 bridgehead atoms. The van der Waals surface area contributed by atoms with Crippen LogP contribution in [0.4, 0.5) is 0 Å². The SMILES string of the molecule is CCNC(CN1CCCC1)c1cccc2ccccc12. The fourth-order valence-corrected chi connectivity index (χ4v) is 3.30. The number of likely N-dealkylation sites (N-methyl/N-ethyl adjacent to an activating group) is 1. The van der Waals surface area contributed by atoms with Crippen molar-refractivity contribution in [3.63, 3.8) is 0 Å². The van der Waals surface area contributed by atoms with Gasteiger partial charge < -0.3 is 10.2 Å². The molecular formula is C18H24N2. The second-order valence-corrected chi connectivity index (χ2v) is 5.69. The molecule has 1 aliphatic heterocycles. The maximum absolute atomic E-state index is 3.68. The Hall–Kier alpha value is -1.38. The number of nitrogens with one attached hydrogen (secondary N) is 1. The van der Waals surface area contributed by atoms with E-state index in [9.17, 15) is 0 Å². The first-order valence-corrected chi connectivity index (χ1v) is 7.82. The van der Waals surface area contributed by atoms with Gasteiger partial charge in [-0.3, -0.25) is 0 Å². The summed E-state index contributed by atoms with van der Waals surface area (Å²) in [4.78, 5) is 2.59. The van der Waals surface area contributed by atoms with E-state index in [2.05, 4.69) is 59.6 Å². The van der Waals surface area contributed by atoms with E-state index in [0.29, 0.717) is 6.04 Å². The smallest absolute Gasteiger partial charge is 0.0455 e. The highest BCUT2D eigenvalue weighted by Crippen LogP contribution is 2.25. The standard InChI is InChI=1S/C18H24N2/c1-2-19-18(14-20-12-5-6-13-20)17-11-7-9-15-8-3-4-10-16(15)17/h3-4,7-11,18-19H,2,5-6,12-14H2,1H3. The number of rotatable bonds is 5. The van der Waals surface area contributed by atoms with Crippen molar-refractivity contribution in [2.24, 2.45) is 0 Å². The lowest BCUT2D eigenvalue weighted by Gasteiger charge is -2.25. The van der Waals surface area contributed by atoms with Crippen molar-refractivity contribution in [3.8, 4) is 0 Å². The van der Waals surface area contributed by atoms with Crippen LogP contribution in [0.5, 0.6) is 0 Å². The Labute approximate surface area is 121 Å². The van der Waals surface area contributed by atoms with Crippen LogP contribution in [-0.2, 0) is 0 Å². The summed E-state index contributed by atoms with van der Waals surface area (Å²) in [5.41, 5.74) is 1.44. The zero-order valence-electron chi connectivity index (χ0n) is 12.3. The van der Waals surface area contributed by atoms with Crippen molar-refractivity contribution < 1.29 is 0 Å². The highest BCUT2D eigenvalue weighted by atomic mass is 15.2. The summed E-state index contributed by atoms with van der Waals surface area (Å²) >= 11 is 0. The van der Waals surface area contributed by atoms with Crippen LogP contribution < -0.4 is 5.32 Å². The van der Waals surface area contributed by atoms with Crippen LogP contribution in [0.3, 0.4) is 0 Å². The van der Waals surface area contributed by atoms with Crippen molar-refractivity contribution in [1.29, 1.82) is 0 Å². The maximum atomic E-state index is 3.68. The lowest BCUT2D eigenvalue weighted by molar-refractivity contribution is 0.295. The molecule has 2 heteroatoms. The van der Waals surface area contributed by atoms with E-state index >= 15 is 0 Å². The summed E-state index contributed by atoms with van der Waals surface area (Å²) in [6.07, 6.45) is 2.71. The summed E-state index contributed by atoms with van der Waals surface area (Å²) in [5.74, 6) is 0. The third-order valence-electron chi connectivity index (χ3n) is 4.29. The molecule has 106 valence electrons. The van der Waals surface area contributed by atoms with Gasteiger partial charge in [0.05, 0.1) is 0 Å². The highest BCUT2D eigenvalue weighted by molar-refractivity contribution is 5.86. The zero-order valence-corrected chi connectivity index (χ0v) is 12.3. The second-order valence-electron chi connectivity index (χ2n) is 5.69. The molecule has 0 saturated carbocycles. The predicted octanol–water partition coefficient (Wildman–Crippen LogP) is 3.59. The topological polar surface area (TPSA) is 15.3 Å². The van der Waals surface area contributed by atoms with Gasteiger partial charge in [-0.25, -0.2) is 0 Å². The van der Waals surface area contributed by atoms with Crippen LogP contribution in [0.2, 0.25) is 0 Å². The lowest BCUT2D eigenvalue weighted by atomic mass is 9.98. The van der Waals surface area contributed by atoms with Crippen LogP contribution in [0.1, 0.15) is 31.4 Å². The summed E-state index contributed by atoms with van der Waals surface area (Å²) in [5, 5.41) is 6.41. The van der Waals surface area contributed by atoms with Gasteiger partial charge in [-0.15, -0.1) is 0 Å². The van der Waals surface area contributed by atoms with Crippen LogP contribution >= 0.6 is 0 Å². The molecule has 3 rings (SSSR count). The van der Waals surface area contributed by atoms with Crippen molar-refractivity contribution in [3.05, 3.63) is 48.0 Å². The van der Waals surface area contributed by atoms with Gasteiger partial charge in [-0.2, -0.15) is 0 Å². The predicted molar refractivity (Wildman–Crippen MR) is 86.0 cm³/mol. The van der Waals surface area contributed by atoms with Crippen LogP contribution in [0.25, 0.3) is 10.8 Å². The molecule has 0 spiro atoms. The number of hydrogen-bond acceptors (Lipinski definition) is 2. The van der Waals surface area contributed by atoms with Gasteiger partial charge in [-0.05, 0) is 48.8 Å². The van der Waals surface area contributed by atoms with Crippen molar-refractivity contribution in [1.82, 2.24) is 10.2 Å². The molecule has 2 aromatic rings. The molecular weight excluding hydrogens is 244 g/mol. The van der Waals surface area contributed by atoms with E-state index in [1.165, 1.54) is 42.3 Å². The molecule has 1 N–H and O–H groups in total. The quantitative estimate of drug-likeness (QED) is 0.891. The molecule has 0 aliphatic carbocycles. The molecule has 0 amide bonds. The van der Waals surface area contributed by atoms with Crippen molar-refractivity contribution >= 4 is 10.8 Å².